The van der Waals surface area contributed by atoms with Crippen LogP contribution in [0.3, 0.4) is 0 Å². The first kappa shape index (κ1) is 15.6. The molecule has 0 aliphatic carbocycles. The molecule has 0 aliphatic heterocycles. The van der Waals surface area contributed by atoms with Crippen LogP contribution in [0.4, 0.5) is 0 Å². The van der Waals surface area contributed by atoms with Gasteiger partial charge in [0.25, 0.3) is 0 Å². The molecule has 0 spiro atoms. The van der Waals surface area contributed by atoms with E-state index >= 15 is 0 Å². The molecule has 112 valence electrons. The molecule has 21 heavy (non-hydrogen) atoms. The fourth-order valence-corrected chi connectivity index (χ4v) is 1.92. The first-order valence-electron chi connectivity index (χ1n) is 7.37. The van der Waals surface area contributed by atoms with Gasteiger partial charge in [0.2, 0.25) is 0 Å². The zero-order chi connectivity index (χ0) is 14.6. The molecule has 3 N–H and O–H groups in total. The molecule has 2 heterocycles. The van der Waals surface area contributed by atoms with Crippen LogP contribution in [0.1, 0.15) is 11.4 Å². The van der Waals surface area contributed by atoms with Gasteiger partial charge < -0.3 is 16.0 Å². The largest absolute Gasteiger partial charge is 0.314 e. The molecule has 0 amide bonds. The van der Waals surface area contributed by atoms with Gasteiger partial charge in [-0.25, -0.2) is 0 Å². The van der Waals surface area contributed by atoms with Crippen molar-refractivity contribution in [3.63, 3.8) is 0 Å². The highest BCUT2D eigenvalue weighted by Crippen LogP contribution is 1.91. The summed E-state index contributed by atoms with van der Waals surface area (Å²) in [6.07, 6.45) is 3.64. The minimum atomic E-state index is 0.820. The Bertz CT molecular complexity index is 429. The standard InChI is InChI=1S/C16H23N5/c1-3-7-20-15(5-1)13-18-11-9-17-10-12-19-14-16-6-2-4-8-21-16/h1-8,17-19H,9-14H2. The number of aromatic nitrogens is 2. The zero-order valence-electron chi connectivity index (χ0n) is 12.3. The quantitative estimate of drug-likeness (QED) is 0.567. The van der Waals surface area contributed by atoms with E-state index in [1.54, 1.807) is 0 Å². The van der Waals surface area contributed by atoms with Crippen LogP contribution in [0.25, 0.3) is 0 Å². The molecule has 0 atom stereocenters. The molecule has 0 saturated heterocycles. The summed E-state index contributed by atoms with van der Waals surface area (Å²) in [5, 5.41) is 10.1. The van der Waals surface area contributed by atoms with E-state index in [2.05, 4.69) is 25.9 Å². The third-order valence-corrected chi connectivity index (χ3v) is 3.02. The fourth-order valence-electron chi connectivity index (χ4n) is 1.92. The van der Waals surface area contributed by atoms with E-state index in [1.807, 2.05) is 48.8 Å². The predicted octanol–water partition coefficient (Wildman–Crippen LogP) is 0.946. The van der Waals surface area contributed by atoms with Crippen molar-refractivity contribution in [3.05, 3.63) is 60.2 Å². The minimum Gasteiger partial charge on any atom is -0.314 e. The Kier molecular flexibility index (Phi) is 7.40. The van der Waals surface area contributed by atoms with Crippen LogP contribution in [0.2, 0.25) is 0 Å². The molecule has 5 nitrogen and oxygen atoms in total. The third-order valence-electron chi connectivity index (χ3n) is 3.02. The fraction of sp³-hybridized carbons (Fsp3) is 0.375. The van der Waals surface area contributed by atoms with Crippen LogP contribution < -0.4 is 16.0 Å². The van der Waals surface area contributed by atoms with E-state index < -0.39 is 0 Å². The molecule has 0 bridgehead atoms. The summed E-state index contributed by atoms with van der Waals surface area (Å²) in [5.74, 6) is 0. The van der Waals surface area contributed by atoms with Gasteiger partial charge in [-0.3, -0.25) is 9.97 Å². The van der Waals surface area contributed by atoms with Crippen LogP contribution in [0.5, 0.6) is 0 Å². The highest BCUT2D eigenvalue weighted by atomic mass is 15.0. The van der Waals surface area contributed by atoms with Crippen molar-refractivity contribution in [2.24, 2.45) is 0 Å². The SMILES string of the molecule is c1ccc(CNCCNCCNCc2ccccn2)nc1. The normalized spacial score (nSPS) is 10.7. The van der Waals surface area contributed by atoms with Crippen LogP contribution in [-0.2, 0) is 13.1 Å². The summed E-state index contributed by atoms with van der Waals surface area (Å²) in [5.41, 5.74) is 2.16. The molecule has 0 aliphatic rings. The third kappa shape index (κ3) is 6.94. The molecule has 5 heteroatoms. The van der Waals surface area contributed by atoms with E-state index in [-0.39, 0.29) is 0 Å². The Hall–Kier alpha value is -1.82. The average Bonchev–Trinajstić information content (AvgIpc) is 2.55. The molecule has 0 unspecified atom stereocenters. The van der Waals surface area contributed by atoms with E-state index in [1.165, 1.54) is 0 Å². The minimum absolute atomic E-state index is 0.820. The highest BCUT2D eigenvalue weighted by Gasteiger charge is 1.93. The van der Waals surface area contributed by atoms with Gasteiger partial charge in [-0.15, -0.1) is 0 Å². The van der Waals surface area contributed by atoms with Gasteiger partial charge in [0, 0.05) is 51.7 Å². The molecule has 0 aromatic carbocycles. The molecular weight excluding hydrogens is 262 g/mol. The van der Waals surface area contributed by atoms with Crippen LogP contribution in [0.15, 0.2) is 48.8 Å². The molecule has 0 fully saturated rings. The van der Waals surface area contributed by atoms with Crippen molar-refractivity contribution < 1.29 is 0 Å². The monoisotopic (exact) mass is 285 g/mol. The highest BCUT2D eigenvalue weighted by molar-refractivity contribution is 5.03. The maximum Gasteiger partial charge on any atom is 0.0541 e. The topological polar surface area (TPSA) is 61.9 Å². The van der Waals surface area contributed by atoms with E-state index in [0.717, 1.165) is 50.7 Å². The van der Waals surface area contributed by atoms with Gasteiger partial charge in [0.15, 0.2) is 0 Å². The average molecular weight is 285 g/mol. The summed E-state index contributed by atoms with van der Waals surface area (Å²) in [6.45, 7) is 5.44. The summed E-state index contributed by atoms with van der Waals surface area (Å²) in [4.78, 5) is 8.53. The number of nitrogens with one attached hydrogen (secondary N) is 3. The Labute approximate surface area is 126 Å². The second kappa shape index (κ2) is 9.99. The lowest BCUT2D eigenvalue weighted by Crippen LogP contribution is -2.32. The molecular formula is C16H23N5. The van der Waals surface area contributed by atoms with Crippen LogP contribution in [0, 0.1) is 0 Å². The lowest BCUT2D eigenvalue weighted by atomic mass is 10.3. The summed E-state index contributed by atoms with van der Waals surface area (Å²) >= 11 is 0. The predicted molar refractivity (Wildman–Crippen MR) is 84.8 cm³/mol. The molecule has 2 aromatic heterocycles. The Morgan fingerprint density at radius 2 is 1.10 bits per heavy atom. The van der Waals surface area contributed by atoms with Gasteiger partial charge in [-0.1, -0.05) is 12.1 Å². The number of hydrogen-bond donors (Lipinski definition) is 3. The second-order valence-electron chi connectivity index (χ2n) is 4.75. The Balaban J connectivity index is 1.40. The summed E-state index contributed by atoms with van der Waals surface area (Å²) in [7, 11) is 0. The molecule has 0 radical (unpaired) electrons. The number of hydrogen-bond acceptors (Lipinski definition) is 5. The van der Waals surface area contributed by atoms with E-state index in [9.17, 15) is 0 Å². The molecule has 0 saturated carbocycles. The van der Waals surface area contributed by atoms with Gasteiger partial charge >= 0.3 is 0 Å². The van der Waals surface area contributed by atoms with Crippen molar-refractivity contribution in [2.75, 3.05) is 26.2 Å². The number of nitrogens with zero attached hydrogens (tertiary/aromatic N) is 2. The van der Waals surface area contributed by atoms with Gasteiger partial charge in [0.05, 0.1) is 11.4 Å². The first-order valence-corrected chi connectivity index (χ1v) is 7.37. The van der Waals surface area contributed by atoms with E-state index in [4.69, 9.17) is 0 Å². The first-order chi connectivity index (χ1) is 10.4. The van der Waals surface area contributed by atoms with Crippen molar-refractivity contribution >= 4 is 0 Å². The maximum absolute atomic E-state index is 4.27. The van der Waals surface area contributed by atoms with Crippen molar-refractivity contribution in [2.45, 2.75) is 13.1 Å². The van der Waals surface area contributed by atoms with Crippen molar-refractivity contribution in [1.82, 2.24) is 25.9 Å². The summed E-state index contributed by atoms with van der Waals surface area (Å²) < 4.78 is 0. The Morgan fingerprint density at radius 3 is 1.52 bits per heavy atom. The zero-order valence-corrected chi connectivity index (χ0v) is 12.3. The summed E-state index contributed by atoms with van der Waals surface area (Å²) in [6, 6.07) is 11.9. The second-order valence-corrected chi connectivity index (χ2v) is 4.75. The lowest BCUT2D eigenvalue weighted by Gasteiger charge is -2.07. The lowest BCUT2D eigenvalue weighted by molar-refractivity contribution is 0.576. The van der Waals surface area contributed by atoms with Crippen molar-refractivity contribution in [3.8, 4) is 0 Å². The number of rotatable bonds is 10. The van der Waals surface area contributed by atoms with Crippen molar-refractivity contribution in [1.29, 1.82) is 0 Å². The smallest absolute Gasteiger partial charge is 0.0541 e. The Morgan fingerprint density at radius 1 is 0.619 bits per heavy atom. The van der Waals surface area contributed by atoms with E-state index in [0.29, 0.717) is 0 Å². The maximum atomic E-state index is 4.27. The van der Waals surface area contributed by atoms with Crippen LogP contribution >= 0.6 is 0 Å². The van der Waals surface area contributed by atoms with Gasteiger partial charge in [-0.2, -0.15) is 0 Å². The van der Waals surface area contributed by atoms with Crippen LogP contribution in [-0.4, -0.2) is 36.1 Å². The molecule has 2 rings (SSSR count). The van der Waals surface area contributed by atoms with Gasteiger partial charge in [0.1, 0.15) is 0 Å². The molecule has 2 aromatic rings. The number of pyridine rings is 2. The van der Waals surface area contributed by atoms with Gasteiger partial charge in [-0.05, 0) is 24.3 Å².